The predicted octanol–water partition coefficient (Wildman–Crippen LogP) is 1.82. The first-order chi connectivity index (χ1) is 9.67. The number of aromatic nitrogens is 1. The van der Waals surface area contributed by atoms with E-state index in [1.807, 2.05) is 12.1 Å². The van der Waals surface area contributed by atoms with Gasteiger partial charge in [0.15, 0.2) is 0 Å². The largest absolute Gasteiger partial charge is 0.461 e. The van der Waals surface area contributed by atoms with Crippen LogP contribution < -0.4 is 5.73 Å². The van der Waals surface area contributed by atoms with Crippen LogP contribution in [0.15, 0.2) is 42.6 Å². The molecule has 0 aliphatic rings. The molecule has 2 aromatic rings. The van der Waals surface area contributed by atoms with Crippen LogP contribution in [0.2, 0.25) is 0 Å². The topological polar surface area (TPSA) is 89.0 Å². The maximum atomic E-state index is 11.7. The second-order valence-corrected chi connectivity index (χ2v) is 4.24. The zero-order valence-corrected chi connectivity index (χ0v) is 10.7. The SMILES string of the molecule is N#Cc1cc(COC(=O)Cc2cccc(N)c2)ccn1. The monoisotopic (exact) mass is 267 g/mol. The van der Waals surface area contributed by atoms with Crippen LogP contribution in [0.3, 0.4) is 0 Å². The van der Waals surface area contributed by atoms with E-state index in [9.17, 15) is 4.79 Å². The van der Waals surface area contributed by atoms with Crippen molar-refractivity contribution in [2.45, 2.75) is 13.0 Å². The van der Waals surface area contributed by atoms with Crippen molar-refractivity contribution in [1.29, 1.82) is 5.26 Å². The van der Waals surface area contributed by atoms with Crippen LogP contribution in [0.1, 0.15) is 16.8 Å². The molecule has 0 aliphatic carbocycles. The Kier molecular flexibility index (Phi) is 4.30. The summed E-state index contributed by atoms with van der Waals surface area (Å²) in [6.07, 6.45) is 1.68. The number of hydrogen-bond acceptors (Lipinski definition) is 5. The summed E-state index contributed by atoms with van der Waals surface area (Å²) in [6, 6.07) is 12.3. The fourth-order valence-electron chi connectivity index (χ4n) is 1.71. The molecule has 1 heterocycles. The number of hydrogen-bond donors (Lipinski definition) is 1. The summed E-state index contributed by atoms with van der Waals surface area (Å²) in [5, 5.41) is 8.73. The number of nitriles is 1. The van der Waals surface area contributed by atoms with Gasteiger partial charge < -0.3 is 10.5 Å². The molecule has 0 amide bonds. The lowest BCUT2D eigenvalue weighted by Crippen LogP contribution is -2.08. The number of nitrogens with two attached hydrogens (primary N) is 1. The smallest absolute Gasteiger partial charge is 0.310 e. The Morgan fingerprint density at radius 3 is 2.90 bits per heavy atom. The van der Waals surface area contributed by atoms with Gasteiger partial charge in [-0.1, -0.05) is 12.1 Å². The van der Waals surface area contributed by atoms with Crippen LogP contribution in [0.4, 0.5) is 5.69 Å². The van der Waals surface area contributed by atoms with Gasteiger partial charge >= 0.3 is 5.97 Å². The van der Waals surface area contributed by atoms with Crippen LogP contribution in [-0.2, 0) is 22.6 Å². The van der Waals surface area contributed by atoms with Gasteiger partial charge in [-0.05, 0) is 35.4 Å². The number of carbonyl (C=O) groups excluding carboxylic acids is 1. The summed E-state index contributed by atoms with van der Waals surface area (Å²) in [6.45, 7) is 0.123. The summed E-state index contributed by atoms with van der Waals surface area (Å²) >= 11 is 0. The van der Waals surface area contributed by atoms with Crippen molar-refractivity contribution in [3.63, 3.8) is 0 Å². The zero-order chi connectivity index (χ0) is 14.4. The lowest BCUT2D eigenvalue weighted by molar-refractivity contribution is -0.144. The zero-order valence-electron chi connectivity index (χ0n) is 10.7. The molecule has 20 heavy (non-hydrogen) atoms. The Morgan fingerprint density at radius 1 is 1.30 bits per heavy atom. The van der Waals surface area contributed by atoms with Gasteiger partial charge in [-0.25, -0.2) is 4.98 Å². The van der Waals surface area contributed by atoms with Gasteiger partial charge in [-0.15, -0.1) is 0 Å². The maximum Gasteiger partial charge on any atom is 0.310 e. The second kappa shape index (κ2) is 6.34. The Hall–Kier alpha value is -2.87. The molecule has 0 bridgehead atoms. The van der Waals surface area contributed by atoms with Gasteiger partial charge in [0.05, 0.1) is 6.42 Å². The first kappa shape index (κ1) is 13.6. The molecule has 0 aliphatic heterocycles. The fraction of sp³-hybridized carbons (Fsp3) is 0.133. The molecule has 5 nitrogen and oxygen atoms in total. The van der Waals surface area contributed by atoms with Gasteiger partial charge in [0, 0.05) is 11.9 Å². The summed E-state index contributed by atoms with van der Waals surface area (Å²) < 4.78 is 5.15. The van der Waals surface area contributed by atoms with Gasteiger partial charge in [0.2, 0.25) is 0 Å². The van der Waals surface area contributed by atoms with Crippen molar-refractivity contribution in [2.75, 3.05) is 5.73 Å². The van der Waals surface area contributed by atoms with Crippen molar-refractivity contribution in [3.8, 4) is 6.07 Å². The average molecular weight is 267 g/mol. The van der Waals surface area contributed by atoms with Crippen LogP contribution in [0, 0.1) is 11.3 Å². The molecule has 0 radical (unpaired) electrons. The number of anilines is 1. The molecule has 0 fully saturated rings. The highest BCUT2D eigenvalue weighted by Gasteiger charge is 2.06. The average Bonchev–Trinajstić information content (AvgIpc) is 2.45. The molecule has 0 atom stereocenters. The number of nitrogen functional groups attached to an aromatic ring is 1. The van der Waals surface area contributed by atoms with E-state index >= 15 is 0 Å². The third-order valence-electron chi connectivity index (χ3n) is 2.64. The van der Waals surface area contributed by atoms with E-state index in [-0.39, 0.29) is 19.0 Å². The van der Waals surface area contributed by atoms with E-state index in [2.05, 4.69) is 4.98 Å². The molecule has 0 spiro atoms. The number of benzene rings is 1. The summed E-state index contributed by atoms with van der Waals surface area (Å²) in [4.78, 5) is 15.6. The standard InChI is InChI=1S/C15H13N3O2/c16-9-14-7-12(4-5-18-14)10-20-15(19)8-11-2-1-3-13(17)6-11/h1-7H,8,10,17H2. The molecule has 0 saturated carbocycles. The van der Waals surface area contributed by atoms with Crippen molar-refractivity contribution in [3.05, 3.63) is 59.4 Å². The van der Waals surface area contributed by atoms with Crippen molar-refractivity contribution in [1.82, 2.24) is 4.98 Å². The molecule has 2 rings (SSSR count). The van der Waals surface area contributed by atoms with Crippen molar-refractivity contribution < 1.29 is 9.53 Å². The number of carbonyl (C=O) groups is 1. The van der Waals surface area contributed by atoms with Gasteiger partial charge in [0.25, 0.3) is 0 Å². The lowest BCUT2D eigenvalue weighted by Gasteiger charge is -2.05. The van der Waals surface area contributed by atoms with Gasteiger partial charge in [-0.3, -0.25) is 4.79 Å². The highest BCUT2D eigenvalue weighted by Crippen LogP contribution is 2.09. The molecular formula is C15H13N3O2. The fourth-order valence-corrected chi connectivity index (χ4v) is 1.71. The predicted molar refractivity (Wildman–Crippen MR) is 73.3 cm³/mol. The minimum Gasteiger partial charge on any atom is -0.461 e. The number of pyridine rings is 1. The van der Waals surface area contributed by atoms with Crippen LogP contribution in [0.5, 0.6) is 0 Å². The molecule has 0 saturated heterocycles. The van der Waals surface area contributed by atoms with Gasteiger partial charge in [-0.2, -0.15) is 5.26 Å². The van der Waals surface area contributed by atoms with E-state index in [1.165, 1.54) is 6.20 Å². The number of rotatable bonds is 4. The number of esters is 1. The normalized spacial score (nSPS) is 9.75. The molecule has 2 N–H and O–H groups in total. The van der Waals surface area contributed by atoms with E-state index in [0.29, 0.717) is 11.4 Å². The van der Waals surface area contributed by atoms with Crippen LogP contribution >= 0.6 is 0 Å². The molecule has 5 heteroatoms. The third kappa shape index (κ3) is 3.82. The first-order valence-corrected chi connectivity index (χ1v) is 6.02. The highest BCUT2D eigenvalue weighted by molar-refractivity contribution is 5.73. The van der Waals surface area contributed by atoms with E-state index in [4.69, 9.17) is 15.7 Å². The van der Waals surface area contributed by atoms with Crippen LogP contribution in [-0.4, -0.2) is 11.0 Å². The van der Waals surface area contributed by atoms with E-state index in [1.54, 1.807) is 30.3 Å². The molecule has 1 aromatic heterocycles. The van der Waals surface area contributed by atoms with Gasteiger partial charge in [0.1, 0.15) is 18.4 Å². The number of ether oxygens (including phenoxy) is 1. The van der Waals surface area contributed by atoms with Crippen molar-refractivity contribution in [2.24, 2.45) is 0 Å². The Balaban J connectivity index is 1.90. The minimum atomic E-state index is -0.342. The Bertz CT molecular complexity index is 662. The maximum absolute atomic E-state index is 11.7. The Labute approximate surface area is 116 Å². The quantitative estimate of drug-likeness (QED) is 0.674. The molecule has 1 aromatic carbocycles. The third-order valence-corrected chi connectivity index (χ3v) is 2.64. The Morgan fingerprint density at radius 2 is 2.15 bits per heavy atom. The first-order valence-electron chi connectivity index (χ1n) is 6.02. The second-order valence-electron chi connectivity index (χ2n) is 4.24. The summed E-state index contributed by atoms with van der Waals surface area (Å²) in [5.41, 5.74) is 8.10. The van der Waals surface area contributed by atoms with Crippen LogP contribution in [0.25, 0.3) is 0 Å². The highest BCUT2D eigenvalue weighted by atomic mass is 16.5. The minimum absolute atomic E-state index is 0.123. The summed E-state index contributed by atoms with van der Waals surface area (Å²) in [5.74, 6) is -0.342. The van der Waals surface area contributed by atoms with Crippen molar-refractivity contribution >= 4 is 11.7 Å². The number of nitrogens with zero attached hydrogens (tertiary/aromatic N) is 2. The molecular weight excluding hydrogens is 254 g/mol. The molecule has 100 valence electrons. The van der Waals surface area contributed by atoms with E-state index in [0.717, 1.165) is 11.1 Å². The molecule has 0 unspecified atom stereocenters. The van der Waals surface area contributed by atoms with E-state index < -0.39 is 0 Å². The lowest BCUT2D eigenvalue weighted by atomic mass is 10.1. The summed E-state index contributed by atoms with van der Waals surface area (Å²) in [7, 11) is 0.